The molecule has 1 unspecified atom stereocenters. The van der Waals surface area contributed by atoms with Crippen LogP contribution >= 0.6 is 11.8 Å². The van der Waals surface area contributed by atoms with Gasteiger partial charge in [0.2, 0.25) is 0 Å². The molecule has 1 heterocycles. The van der Waals surface area contributed by atoms with Crippen molar-refractivity contribution in [2.45, 2.75) is 37.6 Å². The Morgan fingerprint density at radius 1 is 1.39 bits per heavy atom. The Bertz CT molecular complexity index is 298. The highest BCUT2D eigenvalue weighted by Gasteiger charge is 2.47. The lowest BCUT2D eigenvalue weighted by atomic mass is 10.1. The molecular formula is C13H27N2O2S+. The van der Waals surface area contributed by atoms with Crippen molar-refractivity contribution >= 4 is 17.7 Å². The van der Waals surface area contributed by atoms with Gasteiger partial charge in [-0.2, -0.15) is 0 Å². The standard InChI is InChI=1S/C13H26N2O2S/c1-6-13(7-2)14(8-9-15(3,4)5)11(10-18-13)12(16)17/h11H,6-10H2,1-5H3/p+1. The molecule has 106 valence electrons. The number of likely N-dealkylation sites (N-methyl/N-ethyl adjacent to an activating group) is 1. The van der Waals surface area contributed by atoms with Crippen LogP contribution in [-0.4, -0.2) is 71.4 Å². The van der Waals surface area contributed by atoms with Gasteiger partial charge in [0.15, 0.2) is 0 Å². The highest BCUT2D eigenvalue weighted by atomic mass is 32.2. The third kappa shape index (κ3) is 3.39. The summed E-state index contributed by atoms with van der Waals surface area (Å²) in [7, 11) is 6.45. The largest absolute Gasteiger partial charge is 0.480 e. The topological polar surface area (TPSA) is 40.5 Å². The second-order valence-corrected chi connectivity index (χ2v) is 7.41. The zero-order chi connectivity index (χ0) is 14.0. The fourth-order valence-corrected chi connectivity index (χ4v) is 4.11. The lowest BCUT2D eigenvalue weighted by Gasteiger charge is -2.39. The molecule has 1 aliphatic rings. The van der Waals surface area contributed by atoms with E-state index in [1.54, 1.807) is 0 Å². The lowest BCUT2D eigenvalue weighted by molar-refractivity contribution is -0.869. The van der Waals surface area contributed by atoms with E-state index in [4.69, 9.17) is 0 Å². The molecule has 1 aliphatic heterocycles. The minimum atomic E-state index is -0.673. The summed E-state index contributed by atoms with van der Waals surface area (Å²) in [4.78, 5) is 13.6. The van der Waals surface area contributed by atoms with Crippen LogP contribution < -0.4 is 0 Å². The average molecular weight is 275 g/mol. The molecule has 0 radical (unpaired) electrons. The molecule has 0 aliphatic carbocycles. The molecular weight excluding hydrogens is 248 g/mol. The van der Waals surface area contributed by atoms with Gasteiger partial charge < -0.3 is 9.59 Å². The Kier molecular flexibility index (Phi) is 5.09. The second kappa shape index (κ2) is 5.80. The van der Waals surface area contributed by atoms with Crippen LogP contribution in [0, 0.1) is 0 Å². The summed E-state index contributed by atoms with van der Waals surface area (Å²) in [6, 6.07) is -0.318. The van der Waals surface area contributed by atoms with Gasteiger partial charge in [0.1, 0.15) is 6.04 Å². The number of hydrogen-bond donors (Lipinski definition) is 1. The summed E-state index contributed by atoms with van der Waals surface area (Å²) >= 11 is 1.82. The van der Waals surface area contributed by atoms with Crippen molar-refractivity contribution in [3.63, 3.8) is 0 Å². The van der Waals surface area contributed by atoms with Crippen molar-refractivity contribution in [3.05, 3.63) is 0 Å². The van der Waals surface area contributed by atoms with Gasteiger partial charge >= 0.3 is 5.97 Å². The van der Waals surface area contributed by atoms with Gasteiger partial charge in [0.25, 0.3) is 0 Å². The molecule has 0 aromatic carbocycles. The van der Waals surface area contributed by atoms with Gasteiger partial charge in [-0.05, 0) is 12.8 Å². The lowest BCUT2D eigenvalue weighted by Crippen LogP contribution is -2.53. The first-order chi connectivity index (χ1) is 8.25. The third-order valence-corrected chi connectivity index (χ3v) is 5.64. The van der Waals surface area contributed by atoms with Crippen LogP contribution in [0.5, 0.6) is 0 Å². The maximum absolute atomic E-state index is 11.4. The predicted octanol–water partition coefficient (Wildman–Crippen LogP) is 1.71. The maximum Gasteiger partial charge on any atom is 0.321 e. The molecule has 0 saturated carbocycles. The van der Waals surface area contributed by atoms with Gasteiger partial charge in [-0.1, -0.05) is 13.8 Å². The van der Waals surface area contributed by atoms with Crippen molar-refractivity contribution in [2.24, 2.45) is 0 Å². The number of carboxylic acids is 1. The van der Waals surface area contributed by atoms with E-state index in [9.17, 15) is 9.90 Å². The number of nitrogens with zero attached hydrogens (tertiary/aromatic N) is 2. The van der Waals surface area contributed by atoms with Crippen molar-refractivity contribution in [3.8, 4) is 0 Å². The van der Waals surface area contributed by atoms with E-state index < -0.39 is 5.97 Å². The monoisotopic (exact) mass is 275 g/mol. The van der Waals surface area contributed by atoms with Gasteiger partial charge in [-0.25, -0.2) is 0 Å². The summed E-state index contributed by atoms with van der Waals surface area (Å²) in [5, 5.41) is 9.38. The van der Waals surface area contributed by atoms with Gasteiger partial charge in [-0.3, -0.25) is 9.69 Å². The number of thioether (sulfide) groups is 1. The molecule has 4 nitrogen and oxygen atoms in total. The molecule has 0 bridgehead atoms. The summed E-state index contributed by atoms with van der Waals surface area (Å²) in [5.74, 6) is 0.0430. The fraction of sp³-hybridized carbons (Fsp3) is 0.923. The van der Waals surface area contributed by atoms with Gasteiger partial charge in [0.05, 0.1) is 32.6 Å². The molecule has 0 spiro atoms. The zero-order valence-corrected chi connectivity index (χ0v) is 13.1. The molecule has 18 heavy (non-hydrogen) atoms. The summed E-state index contributed by atoms with van der Waals surface area (Å²) in [5.41, 5.74) is 0. The van der Waals surface area contributed by atoms with Crippen molar-refractivity contribution in [1.29, 1.82) is 0 Å². The van der Waals surface area contributed by atoms with Crippen LogP contribution in [0.4, 0.5) is 0 Å². The van der Waals surface area contributed by atoms with E-state index in [-0.39, 0.29) is 10.9 Å². The molecule has 1 N–H and O–H groups in total. The predicted molar refractivity (Wildman–Crippen MR) is 76.8 cm³/mol. The molecule has 0 aromatic rings. The first-order valence-corrected chi connectivity index (χ1v) is 7.68. The first-order valence-electron chi connectivity index (χ1n) is 6.69. The van der Waals surface area contributed by atoms with Gasteiger partial charge in [-0.15, -0.1) is 11.8 Å². The van der Waals surface area contributed by atoms with E-state index in [1.807, 2.05) is 11.8 Å². The van der Waals surface area contributed by atoms with Crippen LogP contribution in [0.1, 0.15) is 26.7 Å². The average Bonchev–Trinajstić information content (AvgIpc) is 2.64. The Balaban J connectivity index is 2.85. The SMILES string of the molecule is CCC1(CC)SCC(C(=O)O)N1CC[N+](C)(C)C. The quantitative estimate of drug-likeness (QED) is 0.749. The molecule has 5 heteroatoms. The second-order valence-electron chi connectivity index (χ2n) is 6.03. The Morgan fingerprint density at radius 2 is 1.94 bits per heavy atom. The van der Waals surface area contributed by atoms with Gasteiger partial charge in [0, 0.05) is 12.3 Å². The Hall–Kier alpha value is -0.260. The van der Waals surface area contributed by atoms with Crippen molar-refractivity contribution in [1.82, 2.24) is 4.90 Å². The molecule has 1 saturated heterocycles. The molecule has 1 fully saturated rings. The molecule has 0 amide bonds. The van der Waals surface area contributed by atoms with Crippen molar-refractivity contribution in [2.75, 3.05) is 40.0 Å². The molecule has 1 rings (SSSR count). The smallest absolute Gasteiger partial charge is 0.321 e. The van der Waals surface area contributed by atoms with E-state index in [0.29, 0.717) is 5.75 Å². The minimum absolute atomic E-state index is 0.0260. The summed E-state index contributed by atoms with van der Waals surface area (Å²) in [6.45, 7) is 6.17. The maximum atomic E-state index is 11.4. The van der Waals surface area contributed by atoms with Crippen LogP contribution in [0.3, 0.4) is 0 Å². The van der Waals surface area contributed by atoms with Crippen molar-refractivity contribution < 1.29 is 14.4 Å². The Labute approximate surface area is 115 Å². The van der Waals surface area contributed by atoms with E-state index in [0.717, 1.165) is 30.4 Å². The Morgan fingerprint density at radius 3 is 2.33 bits per heavy atom. The van der Waals surface area contributed by atoms with E-state index >= 15 is 0 Å². The molecule has 0 aromatic heterocycles. The first kappa shape index (κ1) is 15.8. The number of quaternary nitrogens is 1. The number of rotatable bonds is 6. The van der Waals surface area contributed by atoms with E-state index in [2.05, 4.69) is 39.9 Å². The number of carboxylic acid groups (broad SMARTS) is 1. The normalized spacial score (nSPS) is 24.4. The highest BCUT2D eigenvalue weighted by molar-refractivity contribution is 8.00. The third-order valence-electron chi connectivity index (χ3n) is 3.81. The minimum Gasteiger partial charge on any atom is -0.480 e. The van der Waals surface area contributed by atoms with Crippen LogP contribution in [0.25, 0.3) is 0 Å². The van der Waals surface area contributed by atoms with E-state index in [1.165, 1.54) is 0 Å². The van der Waals surface area contributed by atoms with Crippen LogP contribution in [0.2, 0.25) is 0 Å². The van der Waals surface area contributed by atoms with Crippen LogP contribution in [0.15, 0.2) is 0 Å². The summed E-state index contributed by atoms with van der Waals surface area (Å²) < 4.78 is 0.872. The molecule has 1 atom stereocenters. The number of aliphatic carboxylic acids is 1. The van der Waals surface area contributed by atoms with Crippen LogP contribution in [-0.2, 0) is 4.79 Å². The number of hydrogen-bond acceptors (Lipinski definition) is 3. The number of carbonyl (C=O) groups is 1. The zero-order valence-electron chi connectivity index (χ0n) is 12.3. The summed E-state index contributed by atoms with van der Waals surface area (Å²) in [6.07, 6.45) is 2.02. The highest BCUT2D eigenvalue weighted by Crippen LogP contribution is 2.44. The fourth-order valence-electron chi connectivity index (χ4n) is 2.52.